The molecule has 0 unspecified atom stereocenters. The largest absolute Gasteiger partial charge is 0.465 e. The summed E-state index contributed by atoms with van der Waals surface area (Å²) in [5, 5.41) is 2.96. The Balaban J connectivity index is 2.28. The molecule has 1 amide bonds. The highest BCUT2D eigenvalue weighted by atomic mass is 35.5. The normalized spacial score (nSPS) is 10.2. The number of nitrogens with zero attached hydrogens (tertiary/aromatic N) is 1. The number of aryl methyl sites for hydroxylation is 1. The lowest BCUT2D eigenvalue weighted by Gasteiger charge is -2.09. The molecule has 0 aliphatic heterocycles. The highest BCUT2D eigenvalue weighted by Crippen LogP contribution is 2.24. The van der Waals surface area contributed by atoms with Crippen molar-refractivity contribution in [1.82, 2.24) is 4.57 Å². The van der Waals surface area contributed by atoms with Crippen LogP contribution in [0.1, 0.15) is 20.8 Å². The number of methoxy groups -OCH3 is 1. The molecule has 2 rings (SSSR count). The number of ether oxygens (including phenoxy) is 1. The van der Waals surface area contributed by atoms with E-state index in [-0.39, 0.29) is 5.91 Å². The molecule has 0 fully saturated rings. The minimum atomic E-state index is -0.509. The van der Waals surface area contributed by atoms with Crippen LogP contribution in [0.3, 0.4) is 0 Å². The first-order valence-electron chi connectivity index (χ1n) is 6.03. The van der Waals surface area contributed by atoms with E-state index in [4.69, 9.17) is 17.3 Å². The quantitative estimate of drug-likeness (QED) is 0.852. The molecule has 0 bridgehead atoms. The maximum Gasteiger partial charge on any atom is 0.337 e. The molecule has 0 aliphatic rings. The number of hydrogen-bond donors (Lipinski definition) is 2. The van der Waals surface area contributed by atoms with Crippen molar-refractivity contribution in [2.45, 2.75) is 0 Å². The van der Waals surface area contributed by atoms with Crippen molar-refractivity contribution in [1.29, 1.82) is 0 Å². The molecule has 0 saturated carbocycles. The van der Waals surface area contributed by atoms with E-state index >= 15 is 0 Å². The topological polar surface area (TPSA) is 86.3 Å². The Kier molecular flexibility index (Phi) is 4.18. The van der Waals surface area contributed by atoms with Gasteiger partial charge in [-0.2, -0.15) is 0 Å². The van der Waals surface area contributed by atoms with Crippen LogP contribution in [-0.4, -0.2) is 23.6 Å². The molecule has 2 aromatic rings. The van der Waals surface area contributed by atoms with Gasteiger partial charge in [-0.3, -0.25) is 4.79 Å². The van der Waals surface area contributed by atoms with E-state index in [2.05, 4.69) is 10.1 Å². The third kappa shape index (κ3) is 3.17. The minimum Gasteiger partial charge on any atom is -0.465 e. The van der Waals surface area contributed by atoms with Crippen LogP contribution in [0.15, 0.2) is 30.5 Å². The average Bonchev–Trinajstić information content (AvgIpc) is 2.79. The number of aromatic nitrogens is 1. The predicted octanol–water partition coefficient (Wildman–Crippen LogP) is 2.30. The van der Waals surface area contributed by atoms with E-state index in [1.54, 1.807) is 23.9 Å². The fraction of sp³-hybridized carbons (Fsp3) is 0.143. The lowest BCUT2D eigenvalue weighted by atomic mass is 10.2. The average molecular weight is 308 g/mol. The number of rotatable bonds is 3. The van der Waals surface area contributed by atoms with Crippen LogP contribution in [0.4, 0.5) is 11.4 Å². The van der Waals surface area contributed by atoms with Crippen molar-refractivity contribution in [3.8, 4) is 0 Å². The Morgan fingerprint density at radius 2 is 2.05 bits per heavy atom. The zero-order chi connectivity index (χ0) is 15.6. The molecule has 0 radical (unpaired) electrons. The second-order valence-electron chi connectivity index (χ2n) is 4.41. The van der Waals surface area contributed by atoms with Gasteiger partial charge in [0.15, 0.2) is 0 Å². The van der Waals surface area contributed by atoms with Gasteiger partial charge in [0.2, 0.25) is 0 Å². The molecule has 0 aliphatic carbocycles. The van der Waals surface area contributed by atoms with Crippen LogP contribution in [0.5, 0.6) is 0 Å². The molecule has 1 aromatic heterocycles. The fourth-order valence-electron chi connectivity index (χ4n) is 1.87. The summed E-state index contributed by atoms with van der Waals surface area (Å²) >= 11 is 6.02. The fourth-order valence-corrected chi connectivity index (χ4v) is 2.03. The molecule has 0 atom stereocenters. The summed E-state index contributed by atoms with van der Waals surface area (Å²) in [5.74, 6) is -0.886. The first-order valence-corrected chi connectivity index (χ1v) is 6.41. The molecule has 110 valence electrons. The number of carbonyl (C=O) groups is 2. The van der Waals surface area contributed by atoms with Crippen molar-refractivity contribution in [2.75, 3.05) is 18.2 Å². The van der Waals surface area contributed by atoms with Gasteiger partial charge in [0.25, 0.3) is 5.91 Å². The number of hydrogen-bond acceptors (Lipinski definition) is 4. The summed E-state index contributed by atoms with van der Waals surface area (Å²) in [4.78, 5) is 23.7. The van der Waals surface area contributed by atoms with Crippen molar-refractivity contribution < 1.29 is 14.3 Å². The van der Waals surface area contributed by atoms with Gasteiger partial charge in [-0.25, -0.2) is 4.79 Å². The third-order valence-electron chi connectivity index (χ3n) is 2.89. The number of esters is 1. The smallest absolute Gasteiger partial charge is 0.337 e. The summed E-state index contributed by atoms with van der Waals surface area (Å²) in [7, 11) is 2.99. The summed E-state index contributed by atoms with van der Waals surface area (Å²) in [5.41, 5.74) is 7.12. The number of nitrogens with two attached hydrogens (primary N) is 1. The van der Waals surface area contributed by atoms with E-state index in [1.807, 2.05) is 0 Å². The molecular weight excluding hydrogens is 294 g/mol. The van der Waals surface area contributed by atoms with Gasteiger partial charge in [0.05, 0.1) is 29.1 Å². The second-order valence-corrected chi connectivity index (χ2v) is 4.82. The van der Waals surface area contributed by atoms with Crippen molar-refractivity contribution in [3.05, 3.63) is 46.7 Å². The van der Waals surface area contributed by atoms with Crippen molar-refractivity contribution >= 4 is 34.9 Å². The maximum atomic E-state index is 12.2. The maximum absolute atomic E-state index is 12.2. The summed E-state index contributed by atoms with van der Waals surface area (Å²) in [6.45, 7) is 0. The van der Waals surface area contributed by atoms with Gasteiger partial charge in [0, 0.05) is 13.2 Å². The summed E-state index contributed by atoms with van der Waals surface area (Å²) in [6, 6.07) is 6.04. The van der Waals surface area contributed by atoms with E-state index in [0.717, 1.165) is 0 Å². The van der Waals surface area contributed by atoms with E-state index in [0.29, 0.717) is 27.7 Å². The van der Waals surface area contributed by atoms with Gasteiger partial charge in [-0.05, 0) is 24.3 Å². The highest BCUT2D eigenvalue weighted by molar-refractivity contribution is 6.34. The summed E-state index contributed by atoms with van der Waals surface area (Å²) < 4.78 is 6.23. The highest BCUT2D eigenvalue weighted by Gasteiger charge is 2.14. The lowest BCUT2D eigenvalue weighted by molar-refractivity contribution is 0.0600. The number of nitrogens with one attached hydrogen (secondary N) is 1. The Morgan fingerprint density at radius 3 is 2.62 bits per heavy atom. The number of carbonyl (C=O) groups excluding carboxylic acids is 2. The SMILES string of the molecule is COC(=O)c1ccc(Cl)c(NC(=O)c2cc(N)cn2C)c1. The monoisotopic (exact) mass is 307 g/mol. The van der Waals surface area contributed by atoms with Crippen molar-refractivity contribution in [2.24, 2.45) is 7.05 Å². The molecular formula is C14H14ClN3O3. The predicted molar refractivity (Wildman–Crippen MR) is 80.6 cm³/mol. The zero-order valence-corrected chi connectivity index (χ0v) is 12.3. The van der Waals surface area contributed by atoms with Gasteiger partial charge in [0.1, 0.15) is 5.69 Å². The van der Waals surface area contributed by atoms with Gasteiger partial charge in [-0.1, -0.05) is 11.6 Å². The van der Waals surface area contributed by atoms with Crippen LogP contribution >= 0.6 is 11.6 Å². The Labute approximate surface area is 126 Å². The molecule has 7 heteroatoms. The van der Waals surface area contributed by atoms with Crippen LogP contribution in [0.25, 0.3) is 0 Å². The van der Waals surface area contributed by atoms with Gasteiger partial charge in [-0.15, -0.1) is 0 Å². The zero-order valence-electron chi connectivity index (χ0n) is 11.5. The first kappa shape index (κ1) is 14.9. The Bertz CT molecular complexity index is 709. The van der Waals surface area contributed by atoms with Crippen LogP contribution in [0, 0.1) is 0 Å². The number of nitrogen functional groups attached to an aromatic ring is 1. The molecule has 21 heavy (non-hydrogen) atoms. The molecule has 1 aromatic carbocycles. The second kappa shape index (κ2) is 5.88. The van der Waals surface area contributed by atoms with Crippen LogP contribution in [0.2, 0.25) is 5.02 Å². The van der Waals surface area contributed by atoms with E-state index in [1.165, 1.54) is 25.3 Å². The van der Waals surface area contributed by atoms with E-state index in [9.17, 15) is 9.59 Å². The molecule has 0 spiro atoms. The molecule has 1 heterocycles. The standard InChI is InChI=1S/C14H14ClN3O3/c1-18-7-9(16)6-12(18)13(19)17-11-5-8(14(20)21-2)3-4-10(11)15/h3-7H,16H2,1-2H3,(H,17,19). The number of halogens is 1. The minimum absolute atomic E-state index is 0.295. The summed E-state index contributed by atoms with van der Waals surface area (Å²) in [6.07, 6.45) is 1.63. The third-order valence-corrected chi connectivity index (χ3v) is 3.22. The lowest BCUT2D eigenvalue weighted by Crippen LogP contribution is -2.16. The number of amides is 1. The molecule has 6 nitrogen and oxygen atoms in total. The van der Waals surface area contributed by atoms with Gasteiger partial charge >= 0.3 is 5.97 Å². The molecule has 3 N–H and O–H groups in total. The van der Waals surface area contributed by atoms with Gasteiger partial charge < -0.3 is 20.4 Å². The molecule has 0 saturated heterocycles. The van der Waals surface area contributed by atoms with Crippen molar-refractivity contribution in [3.63, 3.8) is 0 Å². The Morgan fingerprint density at radius 1 is 1.33 bits per heavy atom. The van der Waals surface area contributed by atoms with E-state index < -0.39 is 5.97 Å². The first-order chi connectivity index (χ1) is 9.92. The number of benzene rings is 1. The van der Waals surface area contributed by atoms with Crippen LogP contribution in [-0.2, 0) is 11.8 Å². The Hall–Kier alpha value is -2.47. The number of anilines is 2. The van der Waals surface area contributed by atoms with Crippen LogP contribution < -0.4 is 11.1 Å².